The van der Waals surface area contributed by atoms with Crippen LogP contribution in [0.1, 0.15) is 23.2 Å². The average molecular weight is 283 g/mol. The van der Waals surface area contributed by atoms with Crippen molar-refractivity contribution in [2.24, 2.45) is 0 Å². The van der Waals surface area contributed by atoms with E-state index in [9.17, 15) is 13.2 Å². The molecule has 1 atom stereocenters. The topological polar surface area (TPSA) is 72.5 Å². The number of ether oxygens (including phenoxy) is 1. The minimum atomic E-state index is -3.22. The molecular formula is C13H17NO4S. The molecule has 0 bridgehead atoms. The lowest BCUT2D eigenvalue weighted by Crippen LogP contribution is -2.31. The molecule has 104 valence electrons. The second-order valence-electron chi connectivity index (χ2n) is 4.64. The molecule has 1 fully saturated rings. The van der Waals surface area contributed by atoms with Gasteiger partial charge in [-0.25, -0.2) is 8.42 Å². The normalized spacial score (nSPS) is 19.3. The molecule has 1 unspecified atom stereocenters. The minimum absolute atomic E-state index is 0.0965. The second kappa shape index (κ2) is 5.71. The Hall–Kier alpha value is -1.40. The predicted octanol–water partition coefficient (Wildman–Crippen LogP) is 0.999. The molecule has 0 spiro atoms. The van der Waals surface area contributed by atoms with Crippen LogP contribution in [0.3, 0.4) is 0 Å². The smallest absolute Gasteiger partial charge is 0.251 e. The first-order valence-corrected chi connectivity index (χ1v) is 8.06. The third-order valence-electron chi connectivity index (χ3n) is 3.06. The second-order valence-corrected chi connectivity index (χ2v) is 6.66. The van der Waals surface area contributed by atoms with Gasteiger partial charge in [-0.15, -0.1) is 0 Å². The molecule has 1 aromatic carbocycles. The molecule has 1 aromatic rings. The number of amides is 1. The molecule has 1 aliphatic heterocycles. The summed E-state index contributed by atoms with van der Waals surface area (Å²) in [4.78, 5) is 12.1. The van der Waals surface area contributed by atoms with Crippen LogP contribution in [0, 0.1) is 0 Å². The summed E-state index contributed by atoms with van der Waals surface area (Å²) in [5.41, 5.74) is 0.449. The van der Waals surface area contributed by atoms with Crippen molar-refractivity contribution >= 4 is 15.7 Å². The monoisotopic (exact) mass is 283 g/mol. The van der Waals surface area contributed by atoms with Crippen molar-refractivity contribution in [2.45, 2.75) is 23.8 Å². The maximum Gasteiger partial charge on any atom is 0.251 e. The maximum absolute atomic E-state index is 11.8. The molecule has 1 aliphatic rings. The third-order valence-corrected chi connectivity index (χ3v) is 4.19. The van der Waals surface area contributed by atoms with Gasteiger partial charge in [0.15, 0.2) is 9.84 Å². The SMILES string of the molecule is CS(=O)(=O)c1ccc(C(=O)NCC2CCCO2)cc1. The molecule has 1 amide bonds. The van der Waals surface area contributed by atoms with E-state index in [-0.39, 0.29) is 16.9 Å². The van der Waals surface area contributed by atoms with Crippen molar-refractivity contribution in [3.8, 4) is 0 Å². The Kier molecular flexibility index (Phi) is 4.21. The lowest BCUT2D eigenvalue weighted by atomic mass is 10.2. The summed E-state index contributed by atoms with van der Waals surface area (Å²) < 4.78 is 28.0. The fraction of sp³-hybridized carbons (Fsp3) is 0.462. The first-order chi connectivity index (χ1) is 8.97. The van der Waals surface area contributed by atoms with Gasteiger partial charge < -0.3 is 10.1 Å². The van der Waals surface area contributed by atoms with Crippen LogP contribution in [0.5, 0.6) is 0 Å². The van der Waals surface area contributed by atoms with Gasteiger partial charge in [-0.3, -0.25) is 4.79 Å². The van der Waals surface area contributed by atoms with E-state index in [1.807, 2.05) is 0 Å². The van der Waals surface area contributed by atoms with Crippen molar-refractivity contribution in [1.82, 2.24) is 5.32 Å². The highest BCUT2D eigenvalue weighted by atomic mass is 32.2. The van der Waals surface area contributed by atoms with Gasteiger partial charge in [0, 0.05) is 25.0 Å². The fourth-order valence-electron chi connectivity index (χ4n) is 1.97. The van der Waals surface area contributed by atoms with Gasteiger partial charge in [-0.1, -0.05) is 0 Å². The summed E-state index contributed by atoms with van der Waals surface area (Å²) in [6.07, 6.45) is 3.23. The molecule has 0 saturated carbocycles. The van der Waals surface area contributed by atoms with Gasteiger partial charge >= 0.3 is 0 Å². The highest BCUT2D eigenvalue weighted by Gasteiger charge is 2.16. The van der Waals surface area contributed by atoms with Gasteiger partial charge in [0.05, 0.1) is 11.0 Å². The molecule has 6 heteroatoms. The number of sulfone groups is 1. The summed E-state index contributed by atoms with van der Waals surface area (Å²) in [6, 6.07) is 5.91. The molecule has 0 radical (unpaired) electrons. The highest BCUT2D eigenvalue weighted by molar-refractivity contribution is 7.90. The van der Waals surface area contributed by atoms with Crippen molar-refractivity contribution in [2.75, 3.05) is 19.4 Å². The van der Waals surface area contributed by atoms with E-state index in [1.54, 1.807) is 0 Å². The number of nitrogens with one attached hydrogen (secondary N) is 1. The summed E-state index contributed by atoms with van der Waals surface area (Å²) >= 11 is 0. The van der Waals surface area contributed by atoms with E-state index < -0.39 is 9.84 Å². The Morgan fingerprint density at radius 2 is 2.05 bits per heavy atom. The minimum Gasteiger partial charge on any atom is -0.376 e. The van der Waals surface area contributed by atoms with Crippen molar-refractivity contribution in [3.05, 3.63) is 29.8 Å². The molecule has 5 nitrogen and oxygen atoms in total. The van der Waals surface area contributed by atoms with Crippen molar-refractivity contribution < 1.29 is 17.9 Å². The lowest BCUT2D eigenvalue weighted by molar-refractivity contribution is 0.0857. The molecular weight excluding hydrogens is 266 g/mol. The first-order valence-electron chi connectivity index (χ1n) is 6.17. The Labute approximate surface area is 112 Å². The lowest BCUT2D eigenvalue weighted by Gasteiger charge is -2.10. The zero-order valence-electron chi connectivity index (χ0n) is 10.8. The zero-order chi connectivity index (χ0) is 13.9. The Bertz CT molecular complexity index is 545. The maximum atomic E-state index is 11.8. The molecule has 2 rings (SSSR count). The Morgan fingerprint density at radius 1 is 1.37 bits per heavy atom. The quantitative estimate of drug-likeness (QED) is 0.894. The largest absolute Gasteiger partial charge is 0.376 e. The van der Waals surface area contributed by atoms with Gasteiger partial charge in [0.1, 0.15) is 0 Å². The predicted molar refractivity (Wildman–Crippen MR) is 70.9 cm³/mol. The molecule has 0 aromatic heterocycles. The fourth-order valence-corrected chi connectivity index (χ4v) is 2.60. The number of hydrogen-bond acceptors (Lipinski definition) is 4. The molecule has 19 heavy (non-hydrogen) atoms. The molecule has 1 heterocycles. The summed E-state index contributed by atoms with van der Waals surface area (Å²) in [5, 5.41) is 2.79. The van der Waals surface area contributed by atoms with Gasteiger partial charge in [0.25, 0.3) is 5.91 Å². The first kappa shape index (κ1) is 14.0. The van der Waals surface area contributed by atoms with Crippen LogP contribution in [0.25, 0.3) is 0 Å². The van der Waals surface area contributed by atoms with Crippen LogP contribution in [0.2, 0.25) is 0 Å². The number of rotatable bonds is 4. The van der Waals surface area contributed by atoms with E-state index in [0.717, 1.165) is 25.7 Å². The number of carbonyl (C=O) groups is 1. The highest BCUT2D eigenvalue weighted by Crippen LogP contribution is 2.12. The van der Waals surface area contributed by atoms with E-state index in [0.29, 0.717) is 12.1 Å². The Morgan fingerprint density at radius 3 is 2.58 bits per heavy atom. The average Bonchev–Trinajstić information content (AvgIpc) is 2.88. The summed E-state index contributed by atoms with van der Waals surface area (Å²) in [7, 11) is -3.22. The van der Waals surface area contributed by atoms with E-state index in [2.05, 4.69) is 5.32 Å². The number of carbonyl (C=O) groups excluding carboxylic acids is 1. The van der Waals surface area contributed by atoms with Gasteiger partial charge in [-0.05, 0) is 37.1 Å². The molecule has 1 saturated heterocycles. The van der Waals surface area contributed by atoms with Gasteiger partial charge in [0.2, 0.25) is 0 Å². The summed E-state index contributed by atoms with van der Waals surface area (Å²) in [5.74, 6) is -0.212. The van der Waals surface area contributed by atoms with Crippen LogP contribution in [0.4, 0.5) is 0 Å². The summed E-state index contributed by atoms with van der Waals surface area (Å²) in [6.45, 7) is 1.25. The van der Waals surface area contributed by atoms with Crippen LogP contribution >= 0.6 is 0 Å². The number of benzene rings is 1. The van der Waals surface area contributed by atoms with E-state index in [1.165, 1.54) is 24.3 Å². The molecule has 1 N–H and O–H groups in total. The van der Waals surface area contributed by atoms with E-state index >= 15 is 0 Å². The van der Waals surface area contributed by atoms with Crippen LogP contribution in [-0.4, -0.2) is 39.8 Å². The van der Waals surface area contributed by atoms with Crippen LogP contribution in [0.15, 0.2) is 29.2 Å². The van der Waals surface area contributed by atoms with Crippen LogP contribution < -0.4 is 5.32 Å². The third kappa shape index (κ3) is 3.78. The zero-order valence-corrected chi connectivity index (χ0v) is 11.6. The van der Waals surface area contributed by atoms with E-state index in [4.69, 9.17) is 4.74 Å². The van der Waals surface area contributed by atoms with Crippen molar-refractivity contribution in [1.29, 1.82) is 0 Å². The van der Waals surface area contributed by atoms with Crippen molar-refractivity contribution in [3.63, 3.8) is 0 Å². The Balaban J connectivity index is 1.95. The standard InChI is InChI=1S/C13H17NO4S/c1-19(16,17)12-6-4-10(5-7-12)13(15)14-9-11-3-2-8-18-11/h4-7,11H,2-3,8-9H2,1H3,(H,14,15). The van der Waals surface area contributed by atoms with Crippen LogP contribution in [-0.2, 0) is 14.6 Å². The number of hydrogen-bond donors (Lipinski definition) is 1. The van der Waals surface area contributed by atoms with Gasteiger partial charge in [-0.2, -0.15) is 0 Å². The molecule has 0 aliphatic carbocycles.